The van der Waals surface area contributed by atoms with E-state index in [2.05, 4.69) is 6.07 Å². The zero-order chi connectivity index (χ0) is 21.1. The summed E-state index contributed by atoms with van der Waals surface area (Å²) in [7, 11) is 1.62. The monoisotopic (exact) mass is 396 g/mol. The largest absolute Gasteiger partial charge is 0.496 e. The molecule has 3 aromatic carbocycles. The van der Waals surface area contributed by atoms with Crippen molar-refractivity contribution in [1.29, 1.82) is 5.26 Å². The van der Waals surface area contributed by atoms with Crippen LogP contribution in [0.1, 0.15) is 43.0 Å². The molecule has 0 aliphatic carbocycles. The van der Waals surface area contributed by atoms with Gasteiger partial charge in [-0.1, -0.05) is 36.4 Å². The Balaban J connectivity index is 1.48. The van der Waals surface area contributed by atoms with Gasteiger partial charge in [0, 0.05) is 0 Å². The molecule has 4 rings (SSSR count). The summed E-state index contributed by atoms with van der Waals surface area (Å²) in [4.78, 5) is 26.5. The van der Waals surface area contributed by atoms with Gasteiger partial charge in [0.15, 0.2) is 0 Å². The number of carbonyl (C=O) groups excluding carboxylic acids is 2. The molecule has 0 unspecified atom stereocenters. The topological polar surface area (TPSA) is 70.4 Å². The fourth-order valence-corrected chi connectivity index (χ4v) is 3.68. The number of carbonyl (C=O) groups is 2. The minimum absolute atomic E-state index is 0.207. The Morgan fingerprint density at radius 2 is 1.50 bits per heavy atom. The van der Waals surface area contributed by atoms with Gasteiger partial charge in [-0.2, -0.15) is 5.26 Å². The lowest BCUT2D eigenvalue weighted by atomic mass is 10.0. The summed E-state index contributed by atoms with van der Waals surface area (Å²) in [5, 5.41) is 8.90. The Kier molecular flexibility index (Phi) is 5.32. The maximum Gasteiger partial charge on any atom is 0.261 e. The van der Waals surface area contributed by atoms with E-state index < -0.39 is 0 Å². The minimum Gasteiger partial charge on any atom is -0.496 e. The van der Waals surface area contributed by atoms with E-state index in [0.29, 0.717) is 16.7 Å². The van der Waals surface area contributed by atoms with Crippen molar-refractivity contribution in [3.8, 4) is 11.8 Å². The van der Waals surface area contributed by atoms with Gasteiger partial charge < -0.3 is 4.74 Å². The second-order valence-electron chi connectivity index (χ2n) is 7.20. The lowest BCUT2D eigenvalue weighted by Gasteiger charge is -2.16. The molecular weight excluding hydrogens is 376 g/mol. The van der Waals surface area contributed by atoms with Crippen molar-refractivity contribution in [2.24, 2.45) is 0 Å². The van der Waals surface area contributed by atoms with Crippen molar-refractivity contribution in [2.75, 3.05) is 7.11 Å². The van der Waals surface area contributed by atoms with Gasteiger partial charge >= 0.3 is 0 Å². The van der Waals surface area contributed by atoms with Crippen molar-refractivity contribution < 1.29 is 14.3 Å². The Bertz CT molecular complexity index is 1120. The molecule has 3 aromatic rings. The van der Waals surface area contributed by atoms with Gasteiger partial charge in [-0.05, 0) is 59.9 Å². The normalized spacial score (nSPS) is 12.6. The molecule has 1 heterocycles. The van der Waals surface area contributed by atoms with E-state index in [1.807, 2.05) is 42.5 Å². The van der Waals surface area contributed by atoms with Gasteiger partial charge in [-0.15, -0.1) is 0 Å². The van der Waals surface area contributed by atoms with Gasteiger partial charge in [0.2, 0.25) is 0 Å². The molecule has 0 spiro atoms. The third-order valence-electron chi connectivity index (χ3n) is 5.34. The number of fused-ring (bicyclic) bond motifs is 1. The van der Waals surface area contributed by atoms with Crippen LogP contribution in [0.15, 0.2) is 66.7 Å². The van der Waals surface area contributed by atoms with E-state index in [-0.39, 0.29) is 18.4 Å². The molecule has 0 saturated carbocycles. The van der Waals surface area contributed by atoms with Crippen LogP contribution in [0.2, 0.25) is 0 Å². The summed E-state index contributed by atoms with van der Waals surface area (Å²) >= 11 is 0. The average Bonchev–Trinajstić information content (AvgIpc) is 3.03. The summed E-state index contributed by atoms with van der Waals surface area (Å²) < 4.78 is 5.56. The van der Waals surface area contributed by atoms with Gasteiger partial charge in [-0.3, -0.25) is 14.5 Å². The van der Waals surface area contributed by atoms with Crippen molar-refractivity contribution >= 4 is 11.8 Å². The summed E-state index contributed by atoms with van der Waals surface area (Å²) in [5.41, 5.74) is 4.58. The molecule has 0 fully saturated rings. The first-order valence-electron chi connectivity index (χ1n) is 9.71. The van der Waals surface area contributed by atoms with Crippen molar-refractivity contribution in [1.82, 2.24) is 4.90 Å². The number of hydrogen-bond acceptors (Lipinski definition) is 4. The molecule has 1 aliphatic heterocycles. The number of hydrogen-bond donors (Lipinski definition) is 0. The van der Waals surface area contributed by atoms with E-state index in [4.69, 9.17) is 10.00 Å². The number of ether oxygens (including phenoxy) is 1. The molecule has 148 valence electrons. The fraction of sp³-hybridized carbons (Fsp3) is 0.160. The van der Waals surface area contributed by atoms with Crippen LogP contribution >= 0.6 is 0 Å². The van der Waals surface area contributed by atoms with Crippen LogP contribution in [-0.2, 0) is 19.4 Å². The minimum atomic E-state index is -0.264. The van der Waals surface area contributed by atoms with E-state index in [0.717, 1.165) is 35.3 Å². The predicted molar refractivity (Wildman–Crippen MR) is 112 cm³/mol. The van der Waals surface area contributed by atoms with Crippen LogP contribution < -0.4 is 4.74 Å². The second kappa shape index (κ2) is 8.22. The Morgan fingerprint density at radius 3 is 2.10 bits per heavy atom. The molecular formula is C25H20N2O3. The molecule has 5 nitrogen and oxygen atoms in total. The number of aryl methyl sites for hydroxylation is 2. The molecule has 1 aliphatic rings. The smallest absolute Gasteiger partial charge is 0.261 e. The van der Waals surface area contributed by atoms with Crippen LogP contribution in [0.25, 0.3) is 0 Å². The van der Waals surface area contributed by atoms with Crippen LogP contribution in [0.5, 0.6) is 5.75 Å². The summed E-state index contributed by atoms with van der Waals surface area (Å²) in [6.07, 6.45) is 1.60. The zero-order valence-electron chi connectivity index (χ0n) is 16.6. The number of nitrogens with zero attached hydrogens (tertiary/aromatic N) is 2. The van der Waals surface area contributed by atoms with Gasteiger partial charge in [0.25, 0.3) is 11.8 Å². The van der Waals surface area contributed by atoms with Crippen LogP contribution in [0.3, 0.4) is 0 Å². The number of rotatable bonds is 6. The Labute approximate surface area is 175 Å². The van der Waals surface area contributed by atoms with Crippen molar-refractivity contribution in [3.05, 3.63) is 100 Å². The van der Waals surface area contributed by atoms with Crippen LogP contribution in [0, 0.1) is 11.3 Å². The third-order valence-corrected chi connectivity index (χ3v) is 5.34. The summed E-state index contributed by atoms with van der Waals surface area (Å²) in [6, 6.07) is 22.4. The molecule has 0 saturated heterocycles. The third kappa shape index (κ3) is 3.68. The quantitative estimate of drug-likeness (QED) is 0.587. The highest BCUT2D eigenvalue weighted by atomic mass is 16.5. The maximum atomic E-state index is 12.6. The fourth-order valence-electron chi connectivity index (χ4n) is 3.68. The molecule has 0 bridgehead atoms. The number of nitriles is 1. The summed E-state index contributed by atoms with van der Waals surface area (Å²) in [5.74, 6) is 0.205. The SMILES string of the molecule is COc1cc(CN2C(=O)c3ccccc3C2=O)ccc1CCc1ccc(C#N)cc1. The lowest BCUT2D eigenvalue weighted by Crippen LogP contribution is -2.29. The van der Waals surface area contributed by atoms with E-state index >= 15 is 0 Å². The molecule has 0 atom stereocenters. The first-order chi connectivity index (χ1) is 14.6. The summed E-state index contributed by atoms with van der Waals surface area (Å²) in [6.45, 7) is 0.207. The average molecular weight is 396 g/mol. The standard InChI is InChI=1S/C25H20N2O3/c1-30-23-14-19(16-27-24(28)21-4-2-3-5-22(21)25(27)29)11-13-20(23)12-10-17-6-8-18(15-26)9-7-17/h2-9,11,13-14H,10,12,16H2,1H3. The highest BCUT2D eigenvalue weighted by Gasteiger charge is 2.35. The van der Waals surface area contributed by atoms with Gasteiger partial charge in [0.05, 0.1) is 36.4 Å². The van der Waals surface area contributed by atoms with Gasteiger partial charge in [0.1, 0.15) is 5.75 Å². The molecule has 0 aromatic heterocycles. The molecule has 5 heteroatoms. The second-order valence-corrected chi connectivity index (χ2v) is 7.20. The molecule has 0 N–H and O–H groups in total. The molecule has 2 amide bonds. The zero-order valence-corrected chi connectivity index (χ0v) is 16.6. The predicted octanol–water partition coefficient (Wildman–Crippen LogP) is 4.15. The van der Waals surface area contributed by atoms with E-state index in [1.54, 1.807) is 31.4 Å². The number of methoxy groups -OCH3 is 1. The van der Waals surface area contributed by atoms with E-state index in [9.17, 15) is 9.59 Å². The number of benzene rings is 3. The molecule has 30 heavy (non-hydrogen) atoms. The molecule has 0 radical (unpaired) electrons. The lowest BCUT2D eigenvalue weighted by molar-refractivity contribution is 0.0642. The first-order valence-corrected chi connectivity index (χ1v) is 9.71. The highest BCUT2D eigenvalue weighted by molar-refractivity contribution is 6.21. The van der Waals surface area contributed by atoms with Gasteiger partial charge in [-0.25, -0.2) is 0 Å². The van der Waals surface area contributed by atoms with Crippen LogP contribution in [0.4, 0.5) is 0 Å². The Morgan fingerprint density at radius 1 is 0.867 bits per heavy atom. The number of imide groups is 1. The maximum absolute atomic E-state index is 12.6. The number of amides is 2. The van der Waals surface area contributed by atoms with Crippen molar-refractivity contribution in [2.45, 2.75) is 19.4 Å². The Hall–Kier alpha value is -3.91. The first kappa shape index (κ1) is 19.4. The van der Waals surface area contributed by atoms with E-state index in [1.165, 1.54) is 4.90 Å². The van der Waals surface area contributed by atoms with Crippen LogP contribution in [-0.4, -0.2) is 23.8 Å². The van der Waals surface area contributed by atoms with Crippen molar-refractivity contribution in [3.63, 3.8) is 0 Å². The highest BCUT2D eigenvalue weighted by Crippen LogP contribution is 2.27.